The number of nitrogens with one attached hydrogen (secondary N) is 2. The Labute approximate surface area is 263 Å². The number of carbonyl (C=O) groups excluding carboxylic acids is 1. The predicted octanol–water partition coefficient (Wildman–Crippen LogP) is 6.80. The summed E-state index contributed by atoms with van der Waals surface area (Å²) in [5, 5.41) is 22.6. The van der Waals surface area contributed by atoms with Gasteiger partial charge in [-0.2, -0.15) is 31.6 Å². The number of nitriles is 1. The summed E-state index contributed by atoms with van der Waals surface area (Å²) >= 11 is 0. The molecule has 2 heterocycles. The van der Waals surface area contributed by atoms with Crippen molar-refractivity contribution in [1.29, 1.82) is 5.26 Å². The molecule has 3 N–H and O–H groups in total. The number of nitrogens with zero attached hydrogens (tertiary/aromatic N) is 3. The molecule has 0 saturated heterocycles. The number of fused-ring (bicyclic) bond motifs is 3. The number of imidazole rings is 1. The fourth-order valence-electron chi connectivity index (χ4n) is 4.90. The number of carboxylic acids is 1. The van der Waals surface area contributed by atoms with E-state index in [1.807, 2.05) is 36.7 Å². The molecule has 5 rings (SSSR count). The van der Waals surface area contributed by atoms with Crippen LogP contribution < -0.4 is 10.6 Å². The molecule has 0 unspecified atom stereocenters. The van der Waals surface area contributed by atoms with Crippen LogP contribution in [0.5, 0.6) is 0 Å². The van der Waals surface area contributed by atoms with Crippen LogP contribution in [0.15, 0.2) is 47.1 Å². The van der Waals surface area contributed by atoms with Gasteiger partial charge in [0.1, 0.15) is 28.4 Å². The molecule has 1 aliphatic carbocycles. The maximum absolute atomic E-state index is 14.6. The van der Waals surface area contributed by atoms with Crippen LogP contribution in [0.25, 0.3) is 33.2 Å². The fraction of sp³-hybridized carbons (Fsp3) is 0.419. The maximum atomic E-state index is 14.6. The van der Waals surface area contributed by atoms with E-state index in [9.17, 15) is 40.8 Å². The van der Waals surface area contributed by atoms with Crippen LogP contribution in [0.1, 0.15) is 50.4 Å². The summed E-state index contributed by atoms with van der Waals surface area (Å²) in [6.45, 7) is 4.32. The number of aryl methyl sites for hydroxylation is 1. The number of rotatable bonds is 8. The van der Waals surface area contributed by atoms with Crippen molar-refractivity contribution in [2.75, 3.05) is 0 Å². The third-order valence-electron chi connectivity index (χ3n) is 7.60. The minimum Gasteiger partial charge on any atom is -0.475 e. The Hall–Kier alpha value is -4.65. The minimum absolute atomic E-state index is 0.185. The van der Waals surface area contributed by atoms with E-state index >= 15 is 0 Å². The Morgan fingerprint density at radius 1 is 1.06 bits per heavy atom. The molecule has 4 aromatic rings. The molecule has 0 bridgehead atoms. The topological polar surface area (TPSA) is 133 Å². The number of alkyl halides is 7. The summed E-state index contributed by atoms with van der Waals surface area (Å²) < 4.78 is 97.3. The number of benzene rings is 2. The predicted molar refractivity (Wildman–Crippen MR) is 156 cm³/mol. The van der Waals surface area contributed by atoms with Crippen molar-refractivity contribution >= 4 is 33.8 Å². The number of halogens is 7. The Balaban J connectivity index is 0.000000644. The van der Waals surface area contributed by atoms with Gasteiger partial charge in [-0.1, -0.05) is 12.1 Å². The van der Waals surface area contributed by atoms with Gasteiger partial charge in [0, 0.05) is 35.5 Å². The molecule has 1 amide bonds. The lowest BCUT2D eigenvalue weighted by Gasteiger charge is -2.30. The summed E-state index contributed by atoms with van der Waals surface area (Å²) in [5.41, 5.74) is 0.116. The maximum Gasteiger partial charge on any atom is 0.490 e. The third kappa shape index (κ3) is 8.20. The highest BCUT2D eigenvalue weighted by atomic mass is 19.4. The third-order valence-corrected chi connectivity index (χ3v) is 7.60. The molecule has 9 nitrogen and oxygen atoms in total. The summed E-state index contributed by atoms with van der Waals surface area (Å²) in [7, 11) is 1.89. The van der Waals surface area contributed by atoms with Crippen molar-refractivity contribution in [3.8, 4) is 17.3 Å². The highest BCUT2D eigenvalue weighted by Crippen LogP contribution is 2.39. The second kappa shape index (κ2) is 12.5. The second-order valence-electron chi connectivity index (χ2n) is 12.0. The summed E-state index contributed by atoms with van der Waals surface area (Å²) in [6, 6.07) is 7.81. The molecule has 47 heavy (non-hydrogen) atoms. The summed E-state index contributed by atoms with van der Waals surface area (Å²) in [4.78, 5) is 26.3. The lowest BCUT2D eigenvalue weighted by Crippen LogP contribution is -2.53. The van der Waals surface area contributed by atoms with Crippen LogP contribution in [0.4, 0.5) is 30.7 Å². The van der Waals surface area contributed by atoms with E-state index < -0.39 is 53.9 Å². The molecule has 1 aliphatic rings. The van der Waals surface area contributed by atoms with Gasteiger partial charge in [0.2, 0.25) is 5.91 Å². The van der Waals surface area contributed by atoms with E-state index in [2.05, 4.69) is 15.6 Å². The van der Waals surface area contributed by atoms with Crippen molar-refractivity contribution in [2.24, 2.45) is 7.05 Å². The average molecular weight is 670 g/mol. The Kier molecular flexibility index (Phi) is 9.37. The van der Waals surface area contributed by atoms with E-state index in [-0.39, 0.29) is 11.1 Å². The first kappa shape index (κ1) is 35.2. The highest BCUT2D eigenvalue weighted by molar-refractivity contribution is 6.06. The Bertz CT molecular complexity index is 1840. The Morgan fingerprint density at radius 3 is 2.19 bits per heavy atom. The molecule has 16 heteroatoms. The molecule has 252 valence electrons. The number of amides is 1. The first-order valence-corrected chi connectivity index (χ1v) is 14.1. The van der Waals surface area contributed by atoms with E-state index in [0.717, 1.165) is 22.3 Å². The molecular weight excluding hydrogens is 639 g/mol. The van der Waals surface area contributed by atoms with Gasteiger partial charge >= 0.3 is 18.3 Å². The zero-order valence-electron chi connectivity index (χ0n) is 25.5. The molecular formula is C31H30F7N5O4. The lowest BCUT2D eigenvalue weighted by atomic mass is 9.96. The standard InChI is InChI=1S/C29H29F4N5O2.C2HF3O2/c1-16-24(35-15-38(16)4)17-6-8-22-20(11-17)19-7-5-18(12-23(19)40-22)25(29(31,32)33)36-21(13-27(2,3)30)26(39)37-28(14-34)9-10-28;3-2(4,5)1(6)7/h5-8,11-12,15,21,25,36H,9-10,13H2,1-4H3,(H,37,39);(H,6,7)/t21-,25-;/m0./s1. The number of hydrogen-bond donors (Lipinski definition) is 3. The molecule has 2 aromatic carbocycles. The minimum atomic E-state index is -5.08. The van der Waals surface area contributed by atoms with Gasteiger partial charge in [-0.25, -0.2) is 14.2 Å². The average Bonchev–Trinajstić information content (AvgIpc) is 3.52. The largest absolute Gasteiger partial charge is 0.490 e. The summed E-state index contributed by atoms with van der Waals surface area (Å²) in [5.74, 6) is -3.60. The first-order chi connectivity index (χ1) is 21.6. The smallest absolute Gasteiger partial charge is 0.475 e. The second-order valence-corrected chi connectivity index (χ2v) is 12.0. The van der Waals surface area contributed by atoms with E-state index in [1.165, 1.54) is 26.0 Å². The van der Waals surface area contributed by atoms with Crippen molar-refractivity contribution in [2.45, 2.75) is 75.7 Å². The number of carbonyl (C=O) groups is 2. The van der Waals surface area contributed by atoms with Crippen LogP contribution in [0, 0.1) is 18.3 Å². The van der Waals surface area contributed by atoms with Crippen molar-refractivity contribution in [3.63, 3.8) is 0 Å². The molecule has 1 fully saturated rings. The van der Waals surface area contributed by atoms with Crippen LogP contribution in [-0.4, -0.2) is 56.1 Å². The van der Waals surface area contributed by atoms with Crippen LogP contribution >= 0.6 is 0 Å². The van der Waals surface area contributed by atoms with E-state index in [1.54, 1.807) is 18.5 Å². The summed E-state index contributed by atoms with van der Waals surface area (Å²) in [6.07, 6.45) is -7.91. The zero-order chi connectivity index (χ0) is 35.1. The van der Waals surface area contributed by atoms with E-state index in [4.69, 9.17) is 14.3 Å². The number of aromatic nitrogens is 2. The lowest BCUT2D eigenvalue weighted by molar-refractivity contribution is -0.192. The van der Waals surface area contributed by atoms with Crippen LogP contribution in [0.2, 0.25) is 0 Å². The quantitative estimate of drug-likeness (QED) is 0.176. The fourth-order valence-corrected chi connectivity index (χ4v) is 4.90. The monoisotopic (exact) mass is 669 g/mol. The van der Waals surface area contributed by atoms with Gasteiger partial charge in [-0.05, 0) is 63.4 Å². The van der Waals surface area contributed by atoms with Gasteiger partial charge in [0.05, 0.1) is 24.1 Å². The molecule has 0 radical (unpaired) electrons. The molecule has 2 aromatic heterocycles. The number of carboxylic acid groups (broad SMARTS) is 1. The molecule has 0 aliphatic heterocycles. The Morgan fingerprint density at radius 2 is 1.70 bits per heavy atom. The van der Waals surface area contributed by atoms with E-state index in [0.29, 0.717) is 23.8 Å². The van der Waals surface area contributed by atoms with Gasteiger partial charge in [-0.3, -0.25) is 10.1 Å². The number of aliphatic carboxylic acids is 1. The van der Waals surface area contributed by atoms with Gasteiger partial charge < -0.3 is 19.4 Å². The van der Waals surface area contributed by atoms with Gasteiger partial charge in [0.15, 0.2) is 0 Å². The number of hydrogen-bond acceptors (Lipinski definition) is 6. The van der Waals surface area contributed by atoms with Crippen molar-refractivity contribution in [1.82, 2.24) is 20.2 Å². The molecule has 1 saturated carbocycles. The normalized spacial score (nSPS) is 15.8. The van der Waals surface area contributed by atoms with Crippen molar-refractivity contribution in [3.05, 3.63) is 54.0 Å². The first-order valence-electron chi connectivity index (χ1n) is 14.1. The van der Waals surface area contributed by atoms with Gasteiger partial charge in [0.25, 0.3) is 0 Å². The van der Waals surface area contributed by atoms with Crippen LogP contribution in [-0.2, 0) is 16.6 Å². The van der Waals surface area contributed by atoms with Gasteiger partial charge in [-0.15, -0.1) is 0 Å². The SMILES string of the molecule is Cc1c(-c2ccc3oc4cc([C@H](N[C@@H](CC(C)(C)F)C(=O)NC5(C#N)CC5)C(F)(F)F)ccc4c3c2)ncn1C.O=C(O)C(F)(F)F. The molecule has 0 spiro atoms. The molecule has 2 atom stereocenters. The van der Waals surface area contributed by atoms with Crippen molar-refractivity contribution < 1.29 is 49.8 Å². The highest BCUT2D eigenvalue weighted by Gasteiger charge is 2.48. The number of furan rings is 1. The zero-order valence-corrected chi connectivity index (χ0v) is 25.5. The van der Waals surface area contributed by atoms with Crippen LogP contribution in [0.3, 0.4) is 0 Å².